The van der Waals surface area contributed by atoms with Crippen molar-refractivity contribution in [3.63, 3.8) is 0 Å². The van der Waals surface area contributed by atoms with E-state index in [1.165, 1.54) is 69.6 Å². The maximum atomic E-state index is 13.0. The van der Waals surface area contributed by atoms with Gasteiger partial charge in [0.2, 0.25) is 0 Å². The fourth-order valence-electron chi connectivity index (χ4n) is 11.7. The van der Waals surface area contributed by atoms with Crippen LogP contribution in [0.5, 0.6) is 11.5 Å². The Kier molecular flexibility index (Phi) is 7.08. The second-order valence-electron chi connectivity index (χ2n) is 17.7. The van der Waals surface area contributed by atoms with Crippen molar-refractivity contribution in [3.05, 3.63) is 41.5 Å². The lowest BCUT2D eigenvalue weighted by molar-refractivity contribution is -0.210. The molecule has 0 aromatic heterocycles. The molecule has 0 amide bonds. The predicted molar refractivity (Wildman–Crippen MR) is 173 cm³/mol. The van der Waals surface area contributed by atoms with Gasteiger partial charge in [0.1, 0.15) is 6.10 Å². The number of phenols is 2. The fraction of sp³-hybridized carbons (Fsp3) is 0.718. The van der Waals surface area contributed by atoms with Gasteiger partial charge in [-0.05, 0) is 133 Å². The Morgan fingerprint density at radius 1 is 0.860 bits per heavy atom. The van der Waals surface area contributed by atoms with E-state index in [1.807, 2.05) is 5.57 Å². The smallest absolute Gasteiger partial charge is 0.331 e. The number of carbonyl (C=O) groups is 1. The number of rotatable bonds is 3. The summed E-state index contributed by atoms with van der Waals surface area (Å²) in [5.74, 6) is 1.16. The zero-order valence-corrected chi connectivity index (χ0v) is 28.1. The van der Waals surface area contributed by atoms with Crippen LogP contribution < -0.4 is 0 Å². The summed E-state index contributed by atoms with van der Waals surface area (Å²) >= 11 is 0. The van der Waals surface area contributed by atoms with Crippen LogP contribution in [0.4, 0.5) is 0 Å². The minimum absolute atomic E-state index is 0.113. The summed E-state index contributed by atoms with van der Waals surface area (Å²) in [6.07, 6.45) is 18.2. The maximum Gasteiger partial charge on any atom is 0.331 e. The number of benzene rings is 1. The molecule has 43 heavy (non-hydrogen) atoms. The summed E-state index contributed by atoms with van der Waals surface area (Å²) in [6, 6.07) is 4.54. The number of carbonyl (C=O) groups excluding carboxylic acids is 1. The number of esters is 1. The Hall–Kier alpha value is -2.23. The van der Waals surface area contributed by atoms with Gasteiger partial charge in [0, 0.05) is 11.5 Å². The molecule has 4 saturated carbocycles. The topological polar surface area (TPSA) is 66.8 Å². The quantitative estimate of drug-likeness (QED) is 0.160. The summed E-state index contributed by atoms with van der Waals surface area (Å²) in [4.78, 5) is 13.0. The van der Waals surface area contributed by atoms with Crippen molar-refractivity contribution < 1.29 is 19.7 Å². The van der Waals surface area contributed by atoms with Crippen molar-refractivity contribution in [2.24, 2.45) is 50.2 Å². The van der Waals surface area contributed by atoms with Crippen molar-refractivity contribution in [2.75, 3.05) is 0 Å². The largest absolute Gasteiger partial charge is 0.504 e. The molecule has 8 atom stereocenters. The molecule has 0 aliphatic heterocycles. The first kappa shape index (κ1) is 30.8. The number of aromatic hydroxyl groups is 2. The SMILES string of the molecule is CC1(C)CCC2(C)CC[C@]3(C)C(=CC[C@@H]4[C@@]5(C)CC[C@H](OC(=O)/C=C/c6ccc(O)c(O)c6)C(C)(C)[C@@H]5CC[C@]43C)C2C1. The van der Waals surface area contributed by atoms with Gasteiger partial charge in [0.05, 0.1) is 0 Å². The van der Waals surface area contributed by atoms with Crippen molar-refractivity contribution in [1.82, 2.24) is 0 Å². The molecule has 1 aromatic rings. The van der Waals surface area contributed by atoms with E-state index in [-0.39, 0.29) is 39.8 Å². The Labute approximate surface area is 260 Å². The van der Waals surface area contributed by atoms with Crippen LogP contribution in [-0.2, 0) is 9.53 Å². The van der Waals surface area contributed by atoms with E-state index in [0.717, 1.165) is 18.8 Å². The molecule has 0 spiro atoms. The van der Waals surface area contributed by atoms with Crippen molar-refractivity contribution >= 4 is 12.0 Å². The van der Waals surface area contributed by atoms with Gasteiger partial charge < -0.3 is 14.9 Å². The minimum atomic E-state index is -0.340. The van der Waals surface area contributed by atoms with Gasteiger partial charge in [-0.3, -0.25) is 0 Å². The van der Waals surface area contributed by atoms with Crippen LogP contribution in [-0.4, -0.2) is 22.3 Å². The molecule has 2 unspecified atom stereocenters. The molecular weight excluding hydrogens is 532 g/mol. The van der Waals surface area contributed by atoms with Crippen LogP contribution in [0.25, 0.3) is 6.08 Å². The molecule has 236 valence electrons. The molecule has 1 aromatic carbocycles. The first-order valence-electron chi connectivity index (χ1n) is 17.1. The molecule has 0 radical (unpaired) electrons. The first-order valence-corrected chi connectivity index (χ1v) is 17.1. The van der Waals surface area contributed by atoms with Gasteiger partial charge in [-0.2, -0.15) is 0 Å². The zero-order chi connectivity index (χ0) is 31.2. The average Bonchev–Trinajstić information content (AvgIpc) is 2.92. The van der Waals surface area contributed by atoms with Gasteiger partial charge in [0.15, 0.2) is 11.5 Å². The van der Waals surface area contributed by atoms with E-state index in [1.54, 1.807) is 12.1 Å². The summed E-state index contributed by atoms with van der Waals surface area (Å²) in [7, 11) is 0. The van der Waals surface area contributed by atoms with Crippen LogP contribution in [0.3, 0.4) is 0 Å². The molecule has 0 bridgehead atoms. The Bertz CT molecular complexity index is 1350. The molecule has 2 N–H and O–H groups in total. The highest BCUT2D eigenvalue weighted by atomic mass is 16.5. The molecule has 0 heterocycles. The third kappa shape index (κ3) is 4.62. The summed E-state index contributed by atoms with van der Waals surface area (Å²) < 4.78 is 6.18. The average molecular weight is 589 g/mol. The van der Waals surface area contributed by atoms with Crippen molar-refractivity contribution in [1.29, 1.82) is 0 Å². The minimum Gasteiger partial charge on any atom is -0.504 e. The second kappa shape index (κ2) is 9.88. The molecular formula is C39H56O4. The standard InChI is InChI=1S/C39H56O4/c1-34(2)19-20-36(5)21-22-38(7)26(27(36)24-34)11-13-31-37(6)17-16-32(35(3,4)30(37)15-18-39(31,38)8)43-33(42)14-10-25-9-12-28(40)29(41)23-25/h9-12,14,23,27,30-32,40-41H,13,15-22,24H2,1-8H3/b14-10+/t27?,30-,31+,32-,36?,37-,38+,39+/m0/s1. The molecule has 4 fully saturated rings. The van der Waals surface area contributed by atoms with Crippen molar-refractivity contribution in [2.45, 2.75) is 126 Å². The molecule has 0 saturated heterocycles. The molecule has 6 rings (SSSR count). The van der Waals surface area contributed by atoms with E-state index >= 15 is 0 Å². The third-order valence-corrected chi connectivity index (χ3v) is 14.7. The van der Waals surface area contributed by atoms with Crippen LogP contribution in [0.15, 0.2) is 35.9 Å². The number of phenolic OH excluding ortho intramolecular Hbond substituents is 2. The molecule has 5 aliphatic rings. The second-order valence-corrected chi connectivity index (χ2v) is 17.7. The van der Waals surface area contributed by atoms with Crippen molar-refractivity contribution in [3.8, 4) is 11.5 Å². The molecule has 5 aliphatic carbocycles. The summed E-state index contributed by atoms with van der Waals surface area (Å²) in [6.45, 7) is 20.2. The van der Waals surface area contributed by atoms with E-state index in [2.05, 4.69) is 61.5 Å². The summed E-state index contributed by atoms with van der Waals surface area (Å²) in [5.41, 5.74) is 4.04. The number of fused-ring (bicyclic) bond motifs is 7. The predicted octanol–water partition coefficient (Wildman–Crippen LogP) is 9.84. The van der Waals surface area contributed by atoms with Crippen LogP contribution in [0.1, 0.15) is 125 Å². The van der Waals surface area contributed by atoms with Gasteiger partial charge in [-0.15, -0.1) is 0 Å². The Morgan fingerprint density at radius 2 is 1.58 bits per heavy atom. The van der Waals surface area contributed by atoms with Gasteiger partial charge in [-0.25, -0.2) is 4.79 Å². The fourth-order valence-corrected chi connectivity index (χ4v) is 11.7. The monoisotopic (exact) mass is 588 g/mol. The third-order valence-electron chi connectivity index (χ3n) is 14.7. The number of hydrogen-bond donors (Lipinski definition) is 2. The Balaban J connectivity index is 1.23. The maximum absolute atomic E-state index is 13.0. The van der Waals surface area contributed by atoms with E-state index in [4.69, 9.17) is 4.74 Å². The highest BCUT2D eigenvalue weighted by Crippen LogP contribution is 2.75. The molecule has 4 nitrogen and oxygen atoms in total. The summed E-state index contributed by atoms with van der Waals surface area (Å²) in [5, 5.41) is 19.4. The zero-order valence-electron chi connectivity index (χ0n) is 28.1. The van der Waals surface area contributed by atoms with Crippen LogP contribution in [0, 0.1) is 50.2 Å². The number of ether oxygens (including phenoxy) is 1. The highest BCUT2D eigenvalue weighted by Gasteiger charge is 2.68. The van der Waals surface area contributed by atoms with Gasteiger partial charge >= 0.3 is 5.97 Å². The lowest BCUT2D eigenvalue weighted by Gasteiger charge is -2.71. The normalized spacial score (nSPS) is 43.0. The lowest BCUT2D eigenvalue weighted by Crippen LogP contribution is -2.64. The highest BCUT2D eigenvalue weighted by molar-refractivity contribution is 5.87. The number of allylic oxidation sites excluding steroid dienone is 2. The van der Waals surface area contributed by atoms with Crippen LogP contribution >= 0.6 is 0 Å². The van der Waals surface area contributed by atoms with E-state index in [9.17, 15) is 15.0 Å². The van der Waals surface area contributed by atoms with Gasteiger partial charge in [0.25, 0.3) is 0 Å². The first-order chi connectivity index (χ1) is 20.0. The number of hydrogen-bond acceptors (Lipinski definition) is 4. The van der Waals surface area contributed by atoms with E-state index < -0.39 is 0 Å². The van der Waals surface area contributed by atoms with Crippen LogP contribution in [0.2, 0.25) is 0 Å². The van der Waals surface area contributed by atoms with E-state index in [0.29, 0.717) is 33.6 Å². The molecule has 4 heteroatoms. The van der Waals surface area contributed by atoms with Gasteiger partial charge in [-0.1, -0.05) is 73.1 Å². The lowest BCUT2D eigenvalue weighted by atomic mass is 9.33. The Morgan fingerprint density at radius 3 is 2.30 bits per heavy atom.